The van der Waals surface area contributed by atoms with Crippen molar-refractivity contribution in [1.82, 2.24) is 0 Å². The van der Waals surface area contributed by atoms with E-state index < -0.39 is 5.75 Å². The number of rotatable bonds is 2. The van der Waals surface area contributed by atoms with E-state index in [1.165, 1.54) is 12.1 Å². The van der Waals surface area contributed by atoms with Crippen molar-refractivity contribution in [2.24, 2.45) is 22.7 Å². The van der Waals surface area contributed by atoms with Gasteiger partial charge < -0.3 is 15.3 Å². The van der Waals surface area contributed by atoms with E-state index in [0.717, 1.165) is 12.8 Å². The highest BCUT2D eigenvalue weighted by atomic mass is 16.3. The lowest BCUT2D eigenvalue weighted by atomic mass is 9.70. The average Bonchev–Trinajstić information content (AvgIpc) is 2.70. The van der Waals surface area contributed by atoms with Gasteiger partial charge in [0.1, 0.15) is 5.78 Å². The number of carbonyl (C=O) groups excluding carboxylic acids is 1. The number of hydrogen-bond acceptors (Lipinski definition) is 4. The van der Waals surface area contributed by atoms with E-state index in [2.05, 4.69) is 20.8 Å². The first-order chi connectivity index (χ1) is 9.68. The van der Waals surface area contributed by atoms with Gasteiger partial charge in [0.05, 0.1) is 0 Å². The van der Waals surface area contributed by atoms with Crippen molar-refractivity contribution in [2.45, 2.75) is 40.0 Å². The minimum atomic E-state index is -0.509. The molecule has 0 amide bonds. The number of hydrogen-bond donors (Lipinski definition) is 3. The van der Waals surface area contributed by atoms with Crippen LogP contribution in [0.15, 0.2) is 12.1 Å². The minimum Gasteiger partial charge on any atom is -0.504 e. The monoisotopic (exact) mass is 290 g/mol. The minimum absolute atomic E-state index is 0.00421. The van der Waals surface area contributed by atoms with E-state index in [1.54, 1.807) is 0 Å². The third-order valence-corrected chi connectivity index (χ3v) is 6.26. The van der Waals surface area contributed by atoms with Crippen molar-refractivity contribution < 1.29 is 20.1 Å². The molecule has 3 N–H and O–H groups in total. The summed E-state index contributed by atoms with van der Waals surface area (Å²) in [4.78, 5) is 12.8. The highest BCUT2D eigenvalue weighted by Gasteiger charge is 2.65. The largest absolute Gasteiger partial charge is 0.504 e. The summed E-state index contributed by atoms with van der Waals surface area (Å²) >= 11 is 0. The van der Waals surface area contributed by atoms with Crippen molar-refractivity contribution >= 4 is 5.78 Å². The molecule has 0 spiro atoms. The van der Waals surface area contributed by atoms with Gasteiger partial charge in [-0.3, -0.25) is 4.79 Å². The summed E-state index contributed by atoms with van der Waals surface area (Å²) in [6, 6.07) is 2.87. The Labute approximate surface area is 124 Å². The Hall–Kier alpha value is -1.71. The first-order valence-corrected chi connectivity index (χ1v) is 7.46. The van der Waals surface area contributed by atoms with Crippen LogP contribution in [0.2, 0.25) is 0 Å². The predicted molar refractivity (Wildman–Crippen MR) is 78.2 cm³/mol. The third kappa shape index (κ3) is 1.71. The van der Waals surface area contributed by atoms with Gasteiger partial charge in [0, 0.05) is 11.3 Å². The van der Waals surface area contributed by atoms with Gasteiger partial charge >= 0.3 is 0 Å². The molecule has 0 aliphatic heterocycles. The van der Waals surface area contributed by atoms with Crippen molar-refractivity contribution in [2.75, 3.05) is 0 Å². The quantitative estimate of drug-likeness (QED) is 0.732. The van der Waals surface area contributed by atoms with Gasteiger partial charge in [0.2, 0.25) is 0 Å². The molecule has 114 valence electrons. The molecule has 3 rings (SSSR count). The zero-order valence-corrected chi connectivity index (χ0v) is 12.7. The summed E-state index contributed by atoms with van der Waals surface area (Å²) in [7, 11) is 0. The van der Waals surface area contributed by atoms with E-state index in [-0.39, 0.29) is 28.2 Å². The van der Waals surface area contributed by atoms with E-state index in [9.17, 15) is 20.1 Å². The zero-order valence-electron chi connectivity index (χ0n) is 12.7. The summed E-state index contributed by atoms with van der Waals surface area (Å²) in [5.74, 6) is -0.617. The number of fused-ring (bicyclic) bond motifs is 2. The number of phenols is 3. The second-order valence-corrected chi connectivity index (χ2v) is 7.36. The standard InChI is InChI=1S/C17H22O4/c1-16(2)11-4-5-17(16,3)15(21)10(11)6-9-7-12(18)14(20)13(19)8-9/h7-8,10-11,18-20H,4-6H2,1-3H3. The lowest BCUT2D eigenvalue weighted by molar-refractivity contribution is -0.131. The summed E-state index contributed by atoms with van der Waals surface area (Å²) in [5, 5.41) is 28.6. The first-order valence-electron chi connectivity index (χ1n) is 7.46. The van der Waals surface area contributed by atoms with Crippen LogP contribution in [0.1, 0.15) is 39.2 Å². The highest BCUT2D eigenvalue weighted by Crippen LogP contribution is 2.66. The molecule has 4 nitrogen and oxygen atoms in total. The van der Waals surface area contributed by atoms with Crippen molar-refractivity contribution in [3.05, 3.63) is 17.7 Å². The Balaban J connectivity index is 1.92. The van der Waals surface area contributed by atoms with Crippen LogP contribution in [0, 0.1) is 22.7 Å². The molecule has 21 heavy (non-hydrogen) atoms. The summed E-state index contributed by atoms with van der Waals surface area (Å²) in [6.45, 7) is 6.42. The van der Waals surface area contributed by atoms with Crippen LogP contribution in [-0.4, -0.2) is 21.1 Å². The summed E-state index contributed by atoms with van der Waals surface area (Å²) in [5.41, 5.74) is 0.423. The Kier molecular flexibility index (Phi) is 2.81. The lowest BCUT2D eigenvalue weighted by Crippen LogP contribution is -2.33. The van der Waals surface area contributed by atoms with E-state index >= 15 is 0 Å². The molecule has 0 aromatic heterocycles. The van der Waals surface area contributed by atoms with E-state index in [4.69, 9.17) is 0 Å². The van der Waals surface area contributed by atoms with Crippen LogP contribution in [0.3, 0.4) is 0 Å². The zero-order chi connectivity index (χ0) is 15.6. The highest BCUT2D eigenvalue weighted by molar-refractivity contribution is 5.91. The number of benzene rings is 1. The fourth-order valence-corrected chi connectivity index (χ4v) is 4.54. The summed E-state index contributed by atoms with van der Waals surface area (Å²) in [6.07, 6.45) is 2.51. The van der Waals surface area contributed by atoms with Crippen molar-refractivity contribution in [1.29, 1.82) is 0 Å². The molecule has 2 fully saturated rings. The molecule has 0 radical (unpaired) electrons. The van der Waals surface area contributed by atoms with Gasteiger partial charge in [-0.1, -0.05) is 20.8 Å². The maximum absolute atomic E-state index is 12.8. The first kappa shape index (κ1) is 14.2. The Bertz CT molecular complexity index is 596. The second-order valence-electron chi connectivity index (χ2n) is 7.36. The smallest absolute Gasteiger partial charge is 0.200 e. The van der Waals surface area contributed by atoms with Gasteiger partial charge in [-0.25, -0.2) is 0 Å². The van der Waals surface area contributed by atoms with Crippen LogP contribution in [0.4, 0.5) is 0 Å². The number of ketones is 1. The molecule has 1 aromatic carbocycles. The molecule has 0 heterocycles. The van der Waals surface area contributed by atoms with Gasteiger partial charge in [-0.05, 0) is 48.3 Å². The van der Waals surface area contributed by atoms with Crippen LogP contribution in [0.25, 0.3) is 0 Å². The Morgan fingerprint density at radius 2 is 1.71 bits per heavy atom. The molecule has 3 atom stereocenters. The van der Waals surface area contributed by atoms with E-state index in [1.807, 2.05) is 0 Å². The fraction of sp³-hybridized carbons (Fsp3) is 0.588. The number of carbonyl (C=O) groups is 1. The van der Waals surface area contributed by atoms with Crippen molar-refractivity contribution in [3.63, 3.8) is 0 Å². The molecular weight excluding hydrogens is 268 g/mol. The van der Waals surface area contributed by atoms with Gasteiger partial charge in [-0.2, -0.15) is 0 Å². The number of aromatic hydroxyl groups is 3. The molecule has 1 aromatic rings. The lowest BCUT2D eigenvalue weighted by Gasteiger charge is -2.32. The topological polar surface area (TPSA) is 77.8 Å². The second kappa shape index (κ2) is 4.15. The van der Waals surface area contributed by atoms with Gasteiger partial charge in [0.15, 0.2) is 17.2 Å². The van der Waals surface area contributed by atoms with Gasteiger partial charge in [-0.15, -0.1) is 0 Å². The molecular formula is C17H22O4. The third-order valence-electron chi connectivity index (χ3n) is 6.26. The fourth-order valence-electron chi connectivity index (χ4n) is 4.54. The van der Waals surface area contributed by atoms with Crippen molar-refractivity contribution in [3.8, 4) is 17.2 Å². The Morgan fingerprint density at radius 1 is 1.14 bits per heavy atom. The molecule has 2 bridgehead atoms. The van der Waals surface area contributed by atoms with E-state index in [0.29, 0.717) is 23.7 Å². The normalized spacial score (nSPS) is 33.6. The van der Waals surface area contributed by atoms with Crippen LogP contribution in [0.5, 0.6) is 17.2 Å². The summed E-state index contributed by atoms with van der Waals surface area (Å²) < 4.78 is 0. The van der Waals surface area contributed by atoms with Crippen LogP contribution < -0.4 is 0 Å². The maximum Gasteiger partial charge on any atom is 0.200 e. The molecule has 0 saturated heterocycles. The maximum atomic E-state index is 12.8. The predicted octanol–water partition coefficient (Wildman–Crippen LogP) is 2.99. The molecule has 4 heteroatoms. The molecule has 2 aliphatic rings. The van der Waals surface area contributed by atoms with Gasteiger partial charge in [0.25, 0.3) is 0 Å². The van der Waals surface area contributed by atoms with Crippen LogP contribution in [-0.2, 0) is 11.2 Å². The SMILES string of the molecule is CC12CCC(C(Cc3cc(O)c(O)c(O)c3)C1=O)C2(C)C. The number of phenolic OH excluding ortho intramolecular Hbond substituents is 3. The average molecular weight is 290 g/mol. The molecule has 2 aliphatic carbocycles. The molecule has 3 unspecified atom stereocenters. The number of Topliss-reactive ketones (excluding diaryl/α,β-unsaturated/α-hetero) is 1. The molecule has 2 saturated carbocycles. The van der Waals surface area contributed by atoms with Crippen LogP contribution >= 0.6 is 0 Å². The Morgan fingerprint density at radius 3 is 2.19 bits per heavy atom.